The van der Waals surface area contributed by atoms with Crippen LogP contribution in [0.2, 0.25) is 0 Å². The van der Waals surface area contributed by atoms with Crippen LogP contribution in [0.5, 0.6) is 11.5 Å². The van der Waals surface area contributed by atoms with Gasteiger partial charge in [0, 0.05) is 5.56 Å². The van der Waals surface area contributed by atoms with E-state index < -0.39 is 23.6 Å². The second kappa shape index (κ2) is 9.12. The molecule has 0 unspecified atom stereocenters. The van der Waals surface area contributed by atoms with E-state index in [9.17, 15) is 22.8 Å². The highest BCUT2D eigenvalue weighted by Gasteiger charge is 2.29. The van der Waals surface area contributed by atoms with Crippen molar-refractivity contribution in [3.8, 4) is 11.5 Å². The molecule has 0 fully saturated rings. The number of ether oxygens (including phenoxy) is 2. The molecule has 0 bridgehead atoms. The van der Waals surface area contributed by atoms with Gasteiger partial charge in [-0.2, -0.15) is 13.2 Å². The molecule has 0 heterocycles. The first-order valence-corrected chi connectivity index (χ1v) is 8.30. The van der Waals surface area contributed by atoms with E-state index in [1.54, 1.807) is 6.07 Å². The third-order valence-corrected chi connectivity index (χ3v) is 3.69. The van der Waals surface area contributed by atoms with Crippen molar-refractivity contribution in [2.24, 2.45) is 0 Å². The highest BCUT2D eigenvalue weighted by atomic mass is 19.4. The number of amides is 2. The molecule has 2 amide bonds. The Morgan fingerprint density at radius 2 is 1.68 bits per heavy atom. The normalized spacial score (nSPS) is 10.9. The summed E-state index contributed by atoms with van der Waals surface area (Å²) in [4.78, 5) is 24.0. The van der Waals surface area contributed by atoms with Gasteiger partial charge in [0.25, 0.3) is 5.91 Å². The highest BCUT2D eigenvalue weighted by Crippen LogP contribution is 2.29. The summed E-state index contributed by atoms with van der Waals surface area (Å²) < 4.78 is 48.1. The minimum atomic E-state index is -4.44. The number of nitrogens with one attached hydrogen (secondary N) is 2. The highest BCUT2D eigenvalue weighted by molar-refractivity contribution is 5.96. The number of alkyl halides is 3. The molecule has 0 aromatic heterocycles. The maximum Gasteiger partial charge on any atom is 0.416 e. The van der Waals surface area contributed by atoms with Gasteiger partial charge in [0.15, 0.2) is 11.5 Å². The molecular formula is C19H19F3N2O4. The third-order valence-electron chi connectivity index (χ3n) is 3.69. The van der Waals surface area contributed by atoms with Crippen LogP contribution in [-0.2, 0) is 17.4 Å². The Morgan fingerprint density at radius 3 is 2.25 bits per heavy atom. The van der Waals surface area contributed by atoms with Crippen molar-refractivity contribution in [2.45, 2.75) is 19.5 Å². The number of hydrogen-bond acceptors (Lipinski definition) is 4. The summed E-state index contributed by atoms with van der Waals surface area (Å²) in [6.45, 7) is 2.24. The van der Waals surface area contributed by atoms with E-state index in [4.69, 9.17) is 9.47 Å². The van der Waals surface area contributed by atoms with Gasteiger partial charge in [0.2, 0.25) is 5.91 Å². The number of rotatable bonds is 6. The summed E-state index contributed by atoms with van der Waals surface area (Å²) in [5.74, 6) is -0.313. The van der Waals surface area contributed by atoms with Crippen LogP contribution in [0.1, 0.15) is 28.4 Å². The fourth-order valence-corrected chi connectivity index (χ4v) is 2.32. The van der Waals surface area contributed by atoms with E-state index in [0.717, 1.165) is 12.1 Å². The zero-order valence-electron chi connectivity index (χ0n) is 15.2. The molecule has 0 saturated heterocycles. The Kier molecular flexibility index (Phi) is 6.86. The monoisotopic (exact) mass is 396 g/mol. The maximum atomic E-state index is 12.5. The van der Waals surface area contributed by atoms with E-state index in [1.165, 1.54) is 31.4 Å². The summed E-state index contributed by atoms with van der Waals surface area (Å²) in [7, 11) is 1.44. The van der Waals surface area contributed by atoms with Gasteiger partial charge in [-0.3, -0.25) is 20.4 Å². The minimum Gasteiger partial charge on any atom is -0.493 e. The fraction of sp³-hybridized carbons (Fsp3) is 0.263. The average Bonchev–Trinajstić information content (AvgIpc) is 2.66. The van der Waals surface area contributed by atoms with Crippen LogP contribution in [-0.4, -0.2) is 25.5 Å². The predicted molar refractivity (Wildman–Crippen MR) is 94.9 cm³/mol. The summed E-state index contributed by atoms with van der Waals surface area (Å²) in [5.41, 5.74) is 4.27. The van der Waals surface area contributed by atoms with Crippen LogP contribution in [0.4, 0.5) is 13.2 Å². The second-order valence-corrected chi connectivity index (χ2v) is 5.67. The lowest BCUT2D eigenvalue weighted by Gasteiger charge is -2.12. The molecule has 2 rings (SSSR count). The van der Waals surface area contributed by atoms with Gasteiger partial charge in [-0.05, 0) is 42.8 Å². The van der Waals surface area contributed by atoms with Crippen molar-refractivity contribution in [1.82, 2.24) is 10.9 Å². The first-order valence-electron chi connectivity index (χ1n) is 8.30. The molecule has 150 valence electrons. The molecule has 2 aromatic rings. The molecule has 0 aliphatic heterocycles. The van der Waals surface area contributed by atoms with Crippen molar-refractivity contribution in [3.63, 3.8) is 0 Å². The molecule has 0 saturated carbocycles. The van der Waals surface area contributed by atoms with Crippen molar-refractivity contribution in [3.05, 3.63) is 59.2 Å². The minimum absolute atomic E-state index is 0.189. The molecule has 0 aliphatic carbocycles. The van der Waals surface area contributed by atoms with Crippen molar-refractivity contribution >= 4 is 11.8 Å². The number of benzene rings is 2. The average molecular weight is 396 g/mol. The summed E-state index contributed by atoms with van der Waals surface area (Å²) in [6.07, 6.45) is -4.63. The predicted octanol–water partition coefficient (Wildman–Crippen LogP) is 3.12. The first kappa shape index (κ1) is 21.1. The number of halogens is 3. The lowest BCUT2D eigenvalue weighted by atomic mass is 10.1. The van der Waals surface area contributed by atoms with Gasteiger partial charge in [0.1, 0.15) is 0 Å². The summed E-state index contributed by atoms with van der Waals surface area (Å²) in [5, 5.41) is 0. The van der Waals surface area contributed by atoms with Gasteiger partial charge in [-0.15, -0.1) is 0 Å². The van der Waals surface area contributed by atoms with Gasteiger partial charge < -0.3 is 9.47 Å². The zero-order valence-corrected chi connectivity index (χ0v) is 15.2. The zero-order chi connectivity index (χ0) is 20.7. The van der Waals surface area contributed by atoms with Gasteiger partial charge in [0.05, 0.1) is 25.7 Å². The number of hydrazine groups is 1. The van der Waals surface area contributed by atoms with Crippen molar-refractivity contribution in [2.75, 3.05) is 13.7 Å². The van der Waals surface area contributed by atoms with E-state index in [0.29, 0.717) is 23.7 Å². The maximum absolute atomic E-state index is 12.5. The van der Waals surface area contributed by atoms with Crippen molar-refractivity contribution in [1.29, 1.82) is 0 Å². The van der Waals surface area contributed by atoms with E-state index in [2.05, 4.69) is 10.9 Å². The Hall–Kier alpha value is -3.23. The quantitative estimate of drug-likeness (QED) is 0.736. The standard InChI is InChI=1S/C19H19F3N2O4/c1-3-28-15-9-6-13(11-16(15)27-2)18(26)24-23-17(25)10-12-4-7-14(8-5-12)19(20,21)22/h4-9,11H,3,10H2,1-2H3,(H,23,25)(H,24,26). The van der Waals surface area contributed by atoms with Gasteiger partial charge >= 0.3 is 6.18 Å². The van der Waals surface area contributed by atoms with Gasteiger partial charge in [-0.25, -0.2) is 0 Å². The third kappa shape index (κ3) is 5.63. The van der Waals surface area contributed by atoms with Crippen LogP contribution in [0.15, 0.2) is 42.5 Å². The number of carbonyl (C=O) groups excluding carboxylic acids is 2. The molecular weight excluding hydrogens is 377 g/mol. The van der Waals surface area contributed by atoms with Crippen molar-refractivity contribution < 1.29 is 32.2 Å². The topological polar surface area (TPSA) is 76.7 Å². The molecule has 28 heavy (non-hydrogen) atoms. The molecule has 2 N–H and O–H groups in total. The fourth-order valence-electron chi connectivity index (χ4n) is 2.32. The molecule has 6 nitrogen and oxygen atoms in total. The van der Waals surface area contributed by atoms with Crippen LogP contribution in [0.3, 0.4) is 0 Å². The Balaban J connectivity index is 1.92. The Morgan fingerprint density at radius 1 is 1.00 bits per heavy atom. The summed E-state index contributed by atoms with van der Waals surface area (Å²) >= 11 is 0. The van der Waals surface area contributed by atoms with E-state index in [-0.39, 0.29) is 12.0 Å². The lowest BCUT2D eigenvalue weighted by molar-refractivity contribution is -0.137. The molecule has 2 aromatic carbocycles. The molecule has 9 heteroatoms. The molecule has 0 radical (unpaired) electrons. The molecule has 0 atom stereocenters. The smallest absolute Gasteiger partial charge is 0.416 e. The largest absolute Gasteiger partial charge is 0.493 e. The van der Waals surface area contributed by atoms with E-state index >= 15 is 0 Å². The number of carbonyl (C=O) groups is 2. The second-order valence-electron chi connectivity index (χ2n) is 5.67. The van der Waals surface area contributed by atoms with Crippen LogP contribution >= 0.6 is 0 Å². The number of methoxy groups -OCH3 is 1. The molecule has 0 spiro atoms. The lowest BCUT2D eigenvalue weighted by Crippen LogP contribution is -2.42. The van der Waals surface area contributed by atoms with Gasteiger partial charge in [-0.1, -0.05) is 12.1 Å². The van der Waals surface area contributed by atoms with Crippen LogP contribution in [0, 0.1) is 0 Å². The van der Waals surface area contributed by atoms with E-state index in [1.807, 2.05) is 6.92 Å². The Bertz CT molecular complexity index is 836. The Labute approximate surface area is 159 Å². The first-order chi connectivity index (χ1) is 13.2. The summed E-state index contributed by atoms with van der Waals surface area (Å²) in [6, 6.07) is 8.75. The van der Waals surface area contributed by atoms with Crippen LogP contribution in [0.25, 0.3) is 0 Å². The SMILES string of the molecule is CCOc1ccc(C(=O)NNC(=O)Cc2ccc(C(F)(F)F)cc2)cc1OC. The molecule has 0 aliphatic rings. The van der Waals surface area contributed by atoms with Crippen LogP contribution < -0.4 is 20.3 Å². The number of hydrogen-bond donors (Lipinski definition) is 2.